The summed E-state index contributed by atoms with van der Waals surface area (Å²) in [5.74, 6) is -1.28. The van der Waals surface area contributed by atoms with Crippen LogP contribution in [0.1, 0.15) is 37.0 Å². The molecule has 104 valence electrons. The standard InChI is InChI=1S/C13H18N2O4/c1-3-5-8-14(4-2)10-6-7-11(13(16)17)12(9-10)15(18)19/h6-7,9H,3-5,8H2,1-2H3,(H,16,17). The van der Waals surface area contributed by atoms with Gasteiger partial charge in [0.1, 0.15) is 5.56 Å². The van der Waals surface area contributed by atoms with Gasteiger partial charge in [-0.15, -0.1) is 0 Å². The zero-order valence-electron chi connectivity index (χ0n) is 11.1. The number of carbonyl (C=O) groups is 1. The van der Waals surface area contributed by atoms with Gasteiger partial charge < -0.3 is 10.0 Å². The van der Waals surface area contributed by atoms with Gasteiger partial charge in [0.25, 0.3) is 5.69 Å². The average Bonchev–Trinajstić information content (AvgIpc) is 2.39. The molecular weight excluding hydrogens is 248 g/mol. The minimum atomic E-state index is -1.28. The third-order valence-corrected chi connectivity index (χ3v) is 2.94. The molecule has 6 nitrogen and oxygen atoms in total. The van der Waals surface area contributed by atoms with E-state index in [-0.39, 0.29) is 11.3 Å². The van der Waals surface area contributed by atoms with Crippen molar-refractivity contribution in [2.24, 2.45) is 0 Å². The Balaban J connectivity index is 3.13. The number of nitrogens with zero attached hydrogens (tertiary/aromatic N) is 2. The van der Waals surface area contributed by atoms with E-state index in [0.29, 0.717) is 5.69 Å². The number of benzene rings is 1. The largest absolute Gasteiger partial charge is 0.477 e. The van der Waals surface area contributed by atoms with Crippen molar-refractivity contribution < 1.29 is 14.8 Å². The summed E-state index contributed by atoms with van der Waals surface area (Å²) in [7, 11) is 0. The Labute approximate surface area is 111 Å². The third-order valence-electron chi connectivity index (χ3n) is 2.94. The fourth-order valence-corrected chi connectivity index (χ4v) is 1.87. The van der Waals surface area contributed by atoms with Gasteiger partial charge in [-0.25, -0.2) is 4.79 Å². The number of hydrogen-bond donors (Lipinski definition) is 1. The maximum absolute atomic E-state index is 10.9. The minimum Gasteiger partial charge on any atom is -0.477 e. The molecule has 0 aromatic heterocycles. The van der Waals surface area contributed by atoms with Crippen molar-refractivity contribution in [1.29, 1.82) is 0 Å². The molecule has 6 heteroatoms. The Hall–Kier alpha value is -2.11. The number of nitro groups is 1. The maximum Gasteiger partial charge on any atom is 0.342 e. The molecule has 1 rings (SSSR count). The molecule has 1 aromatic rings. The first-order valence-corrected chi connectivity index (χ1v) is 6.27. The van der Waals surface area contributed by atoms with Crippen molar-refractivity contribution in [3.05, 3.63) is 33.9 Å². The van der Waals surface area contributed by atoms with Crippen LogP contribution in [0.3, 0.4) is 0 Å². The lowest BCUT2D eigenvalue weighted by atomic mass is 10.1. The van der Waals surface area contributed by atoms with E-state index in [2.05, 4.69) is 6.92 Å². The fourth-order valence-electron chi connectivity index (χ4n) is 1.87. The Morgan fingerprint density at radius 1 is 1.42 bits per heavy atom. The molecule has 0 atom stereocenters. The van der Waals surface area contributed by atoms with Crippen LogP contribution in [0.2, 0.25) is 0 Å². The Kier molecular flexibility index (Phi) is 5.29. The molecule has 0 amide bonds. The van der Waals surface area contributed by atoms with E-state index in [1.54, 1.807) is 6.07 Å². The highest BCUT2D eigenvalue weighted by Crippen LogP contribution is 2.26. The smallest absolute Gasteiger partial charge is 0.342 e. The zero-order valence-corrected chi connectivity index (χ0v) is 11.1. The zero-order chi connectivity index (χ0) is 14.4. The van der Waals surface area contributed by atoms with Gasteiger partial charge in [-0.05, 0) is 25.5 Å². The summed E-state index contributed by atoms with van der Waals surface area (Å²) in [6.07, 6.45) is 2.02. The van der Waals surface area contributed by atoms with E-state index in [9.17, 15) is 14.9 Å². The molecule has 0 saturated carbocycles. The monoisotopic (exact) mass is 266 g/mol. The predicted molar refractivity (Wildman–Crippen MR) is 72.9 cm³/mol. The van der Waals surface area contributed by atoms with Crippen molar-refractivity contribution in [3.8, 4) is 0 Å². The van der Waals surface area contributed by atoms with Crippen molar-refractivity contribution in [2.45, 2.75) is 26.7 Å². The molecular formula is C13H18N2O4. The number of hydrogen-bond acceptors (Lipinski definition) is 4. The van der Waals surface area contributed by atoms with Crippen molar-refractivity contribution in [1.82, 2.24) is 0 Å². The summed E-state index contributed by atoms with van der Waals surface area (Å²) in [4.78, 5) is 23.2. The number of aromatic carboxylic acids is 1. The van der Waals surface area contributed by atoms with E-state index >= 15 is 0 Å². The van der Waals surface area contributed by atoms with E-state index in [1.165, 1.54) is 12.1 Å². The Morgan fingerprint density at radius 3 is 2.58 bits per heavy atom. The van der Waals surface area contributed by atoms with Crippen LogP contribution >= 0.6 is 0 Å². The van der Waals surface area contributed by atoms with Crippen molar-refractivity contribution in [3.63, 3.8) is 0 Å². The summed E-state index contributed by atoms with van der Waals surface area (Å²) in [5.41, 5.74) is 0.0490. The molecule has 0 bridgehead atoms. The van der Waals surface area contributed by atoms with Crippen molar-refractivity contribution >= 4 is 17.3 Å². The number of carboxylic acids is 1. The quantitative estimate of drug-likeness (QED) is 0.606. The molecule has 0 heterocycles. The first-order valence-electron chi connectivity index (χ1n) is 6.27. The average molecular weight is 266 g/mol. The molecule has 0 aliphatic heterocycles. The normalized spacial score (nSPS) is 10.2. The summed E-state index contributed by atoms with van der Waals surface area (Å²) in [6, 6.07) is 4.25. The number of rotatable bonds is 7. The van der Waals surface area contributed by atoms with Gasteiger partial charge in [0.05, 0.1) is 4.92 Å². The number of carboxylic acid groups (broad SMARTS) is 1. The Bertz CT molecular complexity index is 474. The summed E-state index contributed by atoms with van der Waals surface area (Å²) in [6.45, 7) is 5.57. The SMILES string of the molecule is CCCCN(CC)c1ccc(C(=O)O)c([N+](=O)[O-])c1. The fraction of sp³-hybridized carbons (Fsp3) is 0.462. The third kappa shape index (κ3) is 3.67. The highest BCUT2D eigenvalue weighted by atomic mass is 16.6. The maximum atomic E-state index is 10.9. The Morgan fingerprint density at radius 2 is 2.11 bits per heavy atom. The van der Waals surface area contributed by atoms with Crippen molar-refractivity contribution in [2.75, 3.05) is 18.0 Å². The van der Waals surface area contributed by atoms with E-state index < -0.39 is 10.9 Å². The molecule has 0 aliphatic rings. The lowest BCUT2D eigenvalue weighted by Crippen LogP contribution is -2.24. The number of nitro benzene ring substituents is 1. The van der Waals surface area contributed by atoms with Gasteiger partial charge in [-0.3, -0.25) is 10.1 Å². The van der Waals surface area contributed by atoms with Gasteiger partial charge in [-0.2, -0.15) is 0 Å². The minimum absolute atomic E-state index is 0.278. The van der Waals surface area contributed by atoms with Gasteiger partial charge in [0.15, 0.2) is 0 Å². The molecule has 0 radical (unpaired) electrons. The van der Waals surface area contributed by atoms with Crippen LogP contribution in [0.5, 0.6) is 0 Å². The number of unbranched alkanes of at least 4 members (excludes halogenated alkanes) is 1. The molecule has 1 aromatic carbocycles. The molecule has 0 unspecified atom stereocenters. The lowest BCUT2D eigenvalue weighted by Gasteiger charge is -2.22. The second kappa shape index (κ2) is 6.72. The molecule has 0 spiro atoms. The predicted octanol–water partition coefficient (Wildman–Crippen LogP) is 2.92. The van der Waals surface area contributed by atoms with E-state index in [1.807, 2.05) is 11.8 Å². The van der Waals surface area contributed by atoms with Crippen LogP contribution in [0, 0.1) is 10.1 Å². The van der Waals surface area contributed by atoms with Gasteiger partial charge >= 0.3 is 5.97 Å². The molecule has 19 heavy (non-hydrogen) atoms. The summed E-state index contributed by atoms with van der Waals surface area (Å²) in [5, 5.41) is 19.9. The lowest BCUT2D eigenvalue weighted by molar-refractivity contribution is -0.385. The second-order valence-corrected chi connectivity index (χ2v) is 4.20. The van der Waals surface area contributed by atoms with Gasteiger partial charge in [0, 0.05) is 24.8 Å². The first kappa shape index (κ1) is 14.9. The van der Waals surface area contributed by atoms with E-state index in [0.717, 1.165) is 25.9 Å². The highest BCUT2D eigenvalue weighted by Gasteiger charge is 2.21. The second-order valence-electron chi connectivity index (χ2n) is 4.20. The van der Waals surface area contributed by atoms with Gasteiger partial charge in [0.2, 0.25) is 0 Å². The molecule has 1 N–H and O–H groups in total. The summed E-state index contributed by atoms with van der Waals surface area (Å²) < 4.78 is 0. The molecule has 0 fully saturated rings. The van der Waals surface area contributed by atoms with Crippen LogP contribution in [-0.2, 0) is 0 Å². The highest BCUT2D eigenvalue weighted by molar-refractivity contribution is 5.93. The molecule has 0 aliphatic carbocycles. The van der Waals surface area contributed by atoms with Gasteiger partial charge in [-0.1, -0.05) is 13.3 Å². The van der Waals surface area contributed by atoms with Crippen LogP contribution in [-0.4, -0.2) is 29.1 Å². The van der Waals surface area contributed by atoms with Crippen LogP contribution in [0.25, 0.3) is 0 Å². The van der Waals surface area contributed by atoms with Crippen LogP contribution in [0.15, 0.2) is 18.2 Å². The molecule has 0 saturated heterocycles. The van der Waals surface area contributed by atoms with E-state index in [4.69, 9.17) is 5.11 Å². The topological polar surface area (TPSA) is 83.7 Å². The first-order chi connectivity index (χ1) is 9.01. The number of anilines is 1. The van der Waals surface area contributed by atoms with Crippen LogP contribution < -0.4 is 4.90 Å². The summed E-state index contributed by atoms with van der Waals surface area (Å²) >= 11 is 0. The van der Waals surface area contributed by atoms with Crippen LogP contribution in [0.4, 0.5) is 11.4 Å².